The largest absolute Gasteiger partial charge is 0.481 e. The molecule has 0 bridgehead atoms. The molecule has 0 aliphatic heterocycles. The Hall–Kier alpha value is -1.68. The summed E-state index contributed by atoms with van der Waals surface area (Å²) >= 11 is 0. The molecule has 0 saturated heterocycles. The van der Waals surface area contributed by atoms with Crippen LogP contribution in [0.25, 0.3) is 0 Å². The molecular weight excluding hydrogens is 436 g/mol. The molecule has 4 aliphatic carbocycles. The van der Waals surface area contributed by atoms with Gasteiger partial charge in [0.15, 0.2) is 0 Å². The van der Waals surface area contributed by atoms with Gasteiger partial charge in [-0.2, -0.15) is 0 Å². The standard InChI is InChI=1S/C31H46O4/c1-18(2)19(3)9-10-20(27(34)35)23-17-26(33)31(8)22-11-12-24-28(4,5)25(32)14-15-29(24,6)21(22)13-16-30(23,31)7/h11,13,18,20,23-24,26,33H,3,9-10,12,14-17H2,1-2,4-8H3,(H,34,35)/t20-,23?,24?,26+,29?,30?,31-/m1/s1. The molecule has 0 amide bonds. The van der Waals surface area contributed by atoms with Crippen LogP contribution in [-0.2, 0) is 9.59 Å². The number of hydrogen-bond acceptors (Lipinski definition) is 3. The maximum Gasteiger partial charge on any atom is 0.306 e. The predicted molar refractivity (Wildman–Crippen MR) is 140 cm³/mol. The number of aliphatic hydroxyl groups is 1. The number of hydrogen-bond donors (Lipinski definition) is 2. The van der Waals surface area contributed by atoms with E-state index in [4.69, 9.17) is 0 Å². The molecule has 0 aromatic rings. The van der Waals surface area contributed by atoms with E-state index in [0.29, 0.717) is 37.4 Å². The van der Waals surface area contributed by atoms with E-state index in [2.05, 4.69) is 67.2 Å². The molecule has 194 valence electrons. The second kappa shape index (κ2) is 8.43. The fraction of sp³-hybridized carbons (Fsp3) is 0.742. The summed E-state index contributed by atoms with van der Waals surface area (Å²) in [5, 5.41) is 21.9. The first-order valence-corrected chi connectivity index (χ1v) is 13.7. The van der Waals surface area contributed by atoms with Crippen LogP contribution in [0.3, 0.4) is 0 Å². The Kier molecular flexibility index (Phi) is 6.36. The number of allylic oxidation sites excluding steroid dienone is 4. The lowest BCUT2D eigenvalue weighted by atomic mass is 9.44. The molecule has 0 radical (unpaired) electrons. The van der Waals surface area contributed by atoms with Gasteiger partial charge in [0, 0.05) is 17.3 Å². The van der Waals surface area contributed by atoms with Crippen LogP contribution in [0.2, 0.25) is 0 Å². The van der Waals surface area contributed by atoms with Crippen molar-refractivity contribution in [3.05, 3.63) is 35.5 Å². The number of aliphatic hydroxyl groups excluding tert-OH is 1. The van der Waals surface area contributed by atoms with Gasteiger partial charge in [-0.25, -0.2) is 0 Å². The van der Waals surface area contributed by atoms with Gasteiger partial charge in [0.05, 0.1) is 12.0 Å². The first-order valence-electron chi connectivity index (χ1n) is 13.7. The second-order valence-corrected chi connectivity index (χ2v) is 13.6. The lowest BCUT2D eigenvalue weighted by molar-refractivity contribution is -0.146. The number of carbonyl (C=O) groups is 2. The van der Waals surface area contributed by atoms with E-state index < -0.39 is 23.4 Å². The van der Waals surface area contributed by atoms with E-state index in [1.165, 1.54) is 11.1 Å². The summed E-state index contributed by atoms with van der Waals surface area (Å²) in [6.45, 7) is 19.3. The Balaban J connectivity index is 1.73. The van der Waals surface area contributed by atoms with Gasteiger partial charge in [-0.1, -0.05) is 72.8 Å². The number of carbonyl (C=O) groups excluding carboxylic acids is 1. The quantitative estimate of drug-likeness (QED) is 0.411. The normalized spacial score (nSPS) is 40.8. The maximum atomic E-state index is 12.8. The molecule has 4 aliphatic rings. The molecule has 4 nitrogen and oxygen atoms in total. The van der Waals surface area contributed by atoms with Crippen LogP contribution in [0.5, 0.6) is 0 Å². The monoisotopic (exact) mass is 482 g/mol. The van der Waals surface area contributed by atoms with Crippen LogP contribution >= 0.6 is 0 Å². The molecule has 0 aromatic heterocycles. The van der Waals surface area contributed by atoms with Crippen LogP contribution in [0.4, 0.5) is 0 Å². The fourth-order valence-electron chi connectivity index (χ4n) is 8.63. The van der Waals surface area contributed by atoms with Gasteiger partial charge in [0.1, 0.15) is 5.78 Å². The molecule has 2 fully saturated rings. The summed E-state index contributed by atoms with van der Waals surface area (Å²) in [7, 11) is 0. The smallest absolute Gasteiger partial charge is 0.306 e. The van der Waals surface area contributed by atoms with E-state index in [1.54, 1.807) is 0 Å². The fourth-order valence-corrected chi connectivity index (χ4v) is 8.63. The van der Waals surface area contributed by atoms with Gasteiger partial charge >= 0.3 is 5.97 Å². The molecule has 35 heavy (non-hydrogen) atoms. The van der Waals surface area contributed by atoms with Crippen molar-refractivity contribution in [2.75, 3.05) is 0 Å². The molecule has 4 rings (SSSR count). The summed E-state index contributed by atoms with van der Waals surface area (Å²) in [5.74, 6) is -0.405. The maximum absolute atomic E-state index is 12.8. The Morgan fingerprint density at radius 3 is 2.40 bits per heavy atom. The average molecular weight is 483 g/mol. The van der Waals surface area contributed by atoms with Crippen molar-refractivity contribution >= 4 is 11.8 Å². The SMILES string of the molecule is C=C(CC[C@@H](C(=O)O)C1C[C@H](O)[C@@]2(C)C3=CCC4C(C)(C)C(=O)CCC4(C)C3=CCC12C)C(C)C. The van der Waals surface area contributed by atoms with Gasteiger partial charge in [-0.15, -0.1) is 0 Å². The average Bonchev–Trinajstić information content (AvgIpc) is 2.98. The van der Waals surface area contributed by atoms with Gasteiger partial charge in [0.2, 0.25) is 0 Å². The second-order valence-electron chi connectivity index (χ2n) is 13.6. The van der Waals surface area contributed by atoms with Crippen LogP contribution < -0.4 is 0 Å². The van der Waals surface area contributed by atoms with Gasteiger partial charge in [-0.3, -0.25) is 9.59 Å². The zero-order chi connectivity index (χ0) is 26.1. The lowest BCUT2D eigenvalue weighted by Gasteiger charge is -2.59. The van der Waals surface area contributed by atoms with Gasteiger partial charge in [-0.05, 0) is 78.3 Å². The van der Waals surface area contributed by atoms with Crippen molar-refractivity contribution < 1.29 is 19.8 Å². The number of Topliss-reactive ketones (excluding diaryl/α,β-unsaturated/α-hetero) is 1. The van der Waals surface area contributed by atoms with Crippen LogP contribution in [0.15, 0.2) is 35.5 Å². The van der Waals surface area contributed by atoms with Gasteiger partial charge in [0.25, 0.3) is 0 Å². The third kappa shape index (κ3) is 3.56. The highest BCUT2D eigenvalue weighted by molar-refractivity contribution is 5.86. The number of rotatable bonds is 6. The van der Waals surface area contributed by atoms with E-state index in [-0.39, 0.29) is 28.1 Å². The number of ketones is 1. The minimum atomic E-state index is -0.754. The Morgan fingerprint density at radius 1 is 1.14 bits per heavy atom. The van der Waals surface area contributed by atoms with Crippen LogP contribution in [-0.4, -0.2) is 28.1 Å². The minimum absolute atomic E-state index is 0.0924. The number of aliphatic carboxylic acids is 1. The number of fused-ring (bicyclic) bond motifs is 5. The highest BCUT2D eigenvalue weighted by Gasteiger charge is 2.67. The summed E-state index contributed by atoms with van der Waals surface area (Å²) < 4.78 is 0. The molecule has 4 heteroatoms. The third-order valence-electron chi connectivity index (χ3n) is 11.5. The third-order valence-corrected chi connectivity index (χ3v) is 11.5. The first kappa shape index (κ1) is 26.4. The minimum Gasteiger partial charge on any atom is -0.481 e. The van der Waals surface area contributed by atoms with Crippen molar-refractivity contribution in [2.24, 2.45) is 45.3 Å². The molecule has 2 saturated carbocycles. The Morgan fingerprint density at radius 2 is 1.80 bits per heavy atom. The Labute approximate surface area is 212 Å². The number of carboxylic acid groups (broad SMARTS) is 1. The summed E-state index contributed by atoms with van der Waals surface area (Å²) in [6.07, 6.45) is 8.93. The predicted octanol–water partition coefficient (Wildman–Crippen LogP) is 6.74. The van der Waals surface area contributed by atoms with Crippen molar-refractivity contribution in [1.82, 2.24) is 0 Å². The van der Waals surface area contributed by atoms with Crippen molar-refractivity contribution in [3.63, 3.8) is 0 Å². The molecule has 2 N–H and O–H groups in total. The molecule has 7 atom stereocenters. The summed E-state index contributed by atoms with van der Waals surface area (Å²) in [6, 6.07) is 0. The summed E-state index contributed by atoms with van der Waals surface area (Å²) in [5.41, 5.74) is 2.34. The van der Waals surface area contributed by atoms with Crippen molar-refractivity contribution in [3.8, 4) is 0 Å². The number of carboxylic acids is 1. The summed E-state index contributed by atoms with van der Waals surface area (Å²) in [4.78, 5) is 25.4. The molecular formula is C31H46O4. The van der Waals surface area contributed by atoms with Crippen molar-refractivity contribution in [2.45, 2.75) is 99.5 Å². The van der Waals surface area contributed by atoms with E-state index in [9.17, 15) is 19.8 Å². The van der Waals surface area contributed by atoms with E-state index >= 15 is 0 Å². The first-order chi connectivity index (χ1) is 16.1. The zero-order valence-electron chi connectivity index (χ0n) is 22.9. The lowest BCUT2D eigenvalue weighted by Crippen LogP contribution is -2.55. The Bertz CT molecular complexity index is 999. The van der Waals surface area contributed by atoms with E-state index in [0.717, 1.165) is 24.8 Å². The zero-order valence-corrected chi connectivity index (χ0v) is 22.9. The highest BCUT2D eigenvalue weighted by Crippen LogP contribution is 2.71. The molecule has 0 spiro atoms. The van der Waals surface area contributed by atoms with Crippen molar-refractivity contribution in [1.29, 1.82) is 0 Å². The highest BCUT2D eigenvalue weighted by atomic mass is 16.4. The van der Waals surface area contributed by atoms with Crippen LogP contribution in [0, 0.1) is 45.3 Å². The molecule has 0 heterocycles. The van der Waals surface area contributed by atoms with E-state index in [1.807, 2.05) is 0 Å². The molecule has 4 unspecified atom stereocenters. The van der Waals surface area contributed by atoms with Crippen LogP contribution in [0.1, 0.15) is 93.4 Å². The topological polar surface area (TPSA) is 74.6 Å². The molecule has 0 aromatic carbocycles. The van der Waals surface area contributed by atoms with Gasteiger partial charge < -0.3 is 10.2 Å².